The highest BCUT2D eigenvalue weighted by Gasteiger charge is 2.42. The fourth-order valence-corrected chi connectivity index (χ4v) is 3.89. The molecule has 12 nitrogen and oxygen atoms in total. The second-order valence-corrected chi connectivity index (χ2v) is 8.56. The first-order valence-electron chi connectivity index (χ1n) is 12.0. The molecule has 12 heteroatoms. The Morgan fingerprint density at radius 2 is 1.92 bits per heavy atom. The Kier molecular flexibility index (Phi) is 8.18. The molecule has 1 aliphatic heterocycles. The average Bonchev–Trinajstić information content (AvgIpc) is 3.59. The van der Waals surface area contributed by atoms with E-state index in [0.717, 1.165) is 17.6 Å². The van der Waals surface area contributed by atoms with Gasteiger partial charge in [0.15, 0.2) is 5.96 Å². The van der Waals surface area contributed by atoms with Crippen LogP contribution in [0.15, 0.2) is 59.7 Å². The van der Waals surface area contributed by atoms with Crippen LogP contribution in [-0.2, 0) is 16.1 Å². The fourth-order valence-electron chi connectivity index (χ4n) is 3.89. The number of carbonyl (C=O) groups excluding carboxylic acids is 2. The highest BCUT2D eigenvalue weighted by atomic mass is 16.5. The van der Waals surface area contributed by atoms with Gasteiger partial charge < -0.3 is 25.8 Å². The normalized spacial score (nSPS) is 14.2. The molecule has 0 bridgehead atoms. The van der Waals surface area contributed by atoms with Crippen LogP contribution in [-0.4, -0.2) is 64.5 Å². The predicted octanol–water partition coefficient (Wildman–Crippen LogP) is 1.72. The minimum Gasteiger partial charge on any atom is -0.478 e. The Hall–Kier alpha value is -4.61. The van der Waals surface area contributed by atoms with Crippen LogP contribution >= 0.6 is 0 Å². The molecule has 2 heterocycles. The zero-order valence-corrected chi connectivity index (χ0v) is 20.1. The molecule has 37 heavy (non-hydrogen) atoms. The van der Waals surface area contributed by atoms with E-state index in [1.54, 1.807) is 48.7 Å². The van der Waals surface area contributed by atoms with Gasteiger partial charge in [-0.25, -0.2) is 9.59 Å². The number of aromatic nitrogens is 2. The lowest BCUT2D eigenvalue weighted by Crippen LogP contribution is -2.65. The maximum Gasteiger partial charge on any atom is 0.409 e. The van der Waals surface area contributed by atoms with Gasteiger partial charge in [-0.1, -0.05) is 30.3 Å². The number of hydrogen-bond acceptors (Lipinski definition) is 8. The number of alkyl carbamates (subject to hydrolysis) is 1. The van der Waals surface area contributed by atoms with Gasteiger partial charge in [-0.3, -0.25) is 20.2 Å². The molecule has 2 amide bonds. The number of aliphatic imine (C=N–C) groups is 1. The van der Waals surface area contributed by atoms with Crippen LogP contribution in [0.5, 0.6) is 0 Å². The van der Waals surface area contributed by atoms with Gasteiger partial charge in [0.2, 0.25) is 5.66 Å². The smallest absolute Gasteiger partial charge is 0.409 e. The third-order valence-electron chi connectivity index (χ3n) is 5.87. The fraction of sp³-hybridized carbons (Fsp3) is 0.320. The topological polar surface area (TPSA) is 170 Å². The van der Waals surface area contributed by atoms with Crippen LogP contribution in [0.3, 0.4) is 0 Å². The molecule has 1 aliphatic rings. The molecule has 2 aromatic carbocycles. The standard InChI is InChI=1S/C25H29N7O5/c33-21(18-8-9-20-19(14-18)15-29-32-20)30-25(22(34)35,10-4-5-11-26-23-27-12-13-28-23)31-24(36)37-16-17-6-2-1-3-7-17/h1-3,6-9,14-15H,4-5,10-13,16H2,(H,29,32)(H,30,33)(H,31,36)(H,34,35)(H2,26,27,28). The first kappa shape index (κ1) is 25.5. The van der Waals surface area contributed by atoms with E-state index in [1.807, 2.05) is 6.07 Å². The Balaban J connectivity index is 1.45. The van der Waals surface area contributed by atoms with E-state index in [9.17, 15) is 19.5 Å². The zero-order valence-electron chi connectivity index (χ0n) is 20.1. The maximum atomic E-state index is 13.1. The second kappa shape index (κ2) is 11.9. The summed E-state index contributed by atoms with van der Waals surface area (Å²) < 4.78 is 5.25. The number of carbonyl (C=O) groups is 3. The molecule has 4 rings (SSSR count). The highest BCUT2D eigenvalue weighted by Crippen LogP contribution is 2.17. The van der Waals surface area contributed by atoms with E-state index in [2.05, 4.69) is 36.5 Å². The van der Waals surface area contributed by atoms with Gasteiger partial charge in [-0.05, 0) is 36.6 Å². The number of fused-ring (bicyclic) bond motifs is 1. The number of benzene rings is 2. The Morgan fingerprint density at radius 1 is 1.08 bits per heavy atom. The first-order chi connectivity index (χ1) is 17.9. The van der Waals surface area contributed by atoms with E-state index in [-0.39, 0.29) is 18.6 Å². The number of guanidine groups is 1. The number of aliphatic carboxylic acids is 1. The number of unbranched alkanes of at least 4 members (excludes halogenated alkanes) is 1. The summed E-state index contributed by atoms with van der Waals surface area (Å²) in [6.45, 7) is 1.98. The molecule has 0 spiro atoms. The van der Waals surface area contributed by atoms with E-state index in [0.29, 0.717) is 37.3 Å². The number of H-pyrrole nitrogens is 1. The highest BCUT2D eigenvalue weighted by molar-refractivity contribution is 6.01. The van der Waals surface area contributed by atoms with E-state index >= 15 is 0 Å². The van der Waals surface area contributed by atoms with E-state index in [4.69, 9.17) is 4.74 Å². The molecule has 6 N–H and O–H groups in total. The number of aromatic amines is 1. The summed E-state index contributed by atoms with van der Waals surface area (Å²) in [6.07, 6.45) is 1.50. The minimum absolute atomic E-state index is 0.0491. The summed E-state index contributed by atoms with van der Waals surface area (Å²) in [6, 6.07) is 13.8. The molecule has 1 atom stereocenters. The van der Waals surface area contributed by atoms with Gasteiger partial charge >= 0.3 is 12.1 Å². The first-order valence-corrected chi connectivity index (χ1v) is 12.0. The van der Waals surface area contributed by atoms with Crippen molar-refractivity contribution < 1.29 is 24.2 Å². The molecular formula is C25H29N7O5. The number of nitrogens with zero attached hydrogens (tertiary/aromatic N) is 2. The molecule has 194 valence electrons. The van der Waals surface area contributed by atoms with Gasteiger partial charge in [0.1, 0.15) is 6.61 Å². The number of carboxylic acid groups (broad SMARTS) is 1. The Morgan fingerprint density at radius 3 is 2.68 bits per heavy atom. The average molecular weight is 508 g/mol. The third kappa shape index (κ3) is 6.75. The number of nitrogens with one attached hydrogen (secondary N) is 5. The molecule has 3 aromatic rings. The van der Waals surface area contributed by atoms with Crippen LogP contribution in [0.25, 0.3) is 10.9 Å². The second-order valence-electron chi connectivity index (χ2n) is 8.56. The number of rotatable bonds is 11. The number of carboxylic acids is 1. The Bertz CT molecular complexity index is 1280. The number of amides is 2. The lowest BCUT2D eigenvalue weighted by atomic mass is 10.0. The SMILES string of the molecule is O=C(NC(CCCCNC1=NCCN1)(NC(=O)c1ccc2[nH]ncc2c1)C(=O)O)OCc1ccccc1. The lowest BCUT2D eigenvalue weighted by molar-refractivity contribution is -0.146. The van der Waals surface area contributed by atoms with Gasteiger partial charge in [0.05, 0.1) is 18.3 Å². The van der Waals surface area contributed by atoms with Gasteiger partial charge in [0, 0.05) is 30.5 Å². The van der Waals surface area contributed by atoms with E-state index < -0.39 is 23.6 Å². The van der Waals surface area contributed by atoms with Crippen LogP contribution in [0.2, 0.25) is 0 Å². The van der Waals surface area contributed by atoms with Crippen molar-refractivity contribution in [2.45, 2.75) is 31.5 Å². The largest absolute Gasteiger partial charge is 0.478 e. The monoisotopic (exact) mass is 507 g/mol. The quantitative estimate of drug-likeness (QED) is 0.168. The summed E-state index contributed by atoms with van der Waals surface area (Å²) in [5.74, 6) is -1.36. The summed E-state index contributed by atoms with van der Waals surface area (Å²) in [5.41, 5.74) is -0.381. The molecule has 1 unspecified atom stereocenters. The predicted molar refractivity (Wildman–Crippen MR) is 136 cm³/mol. The third-order valence-corrected chi connectivity index (χ3v) is 5.87. The number of hydrogen-bond donors (Lipinski definition) is 6. The molecule has 0 radical (unpaired) electrons. The summed E-state index contributed by atoms with van der Waals surface area (Å²) >= 11 is 0. The van der Waals surface area contributed by atoms with Crippen molar-refractivity contribution in [1.82, 2.24) is 31.5 Å². The van der Waals surface area contributed by atoms with Crippen LogP contribution in [0, 0.1) is 0 Å². The van der Waals surface area contributed by atoms with Gasteiger partial charge in [-0.15, -0.1) is 0 Å². The molecule has 0 fully saturated rings. The molecule has 0 aliphatic carbocycles. The molecular weight excluding hydrogens is 478 g/mol. The van der Waals surface area contributed by atoms with Crippen molar-refractivity contribution in [2.75, 3.05) is 19.6 Å². The van der Waals surface area contributed by atoms with Crippen molar-refractivity contribution in [2.24, 2.45) is 4.99 Å². The van der Waals surface area contributed by atoms with Crippen molar-refractivity contribution >= 4 is 34.8 Å². The molecule has 1 aromatic heterocycles. The lowest BCUT2D eigenvalue weighted by Gasteiger charge is -2.31. The molecule has 0 saturated heterocycles. The maximum absolute atomic E-state index is 13.1. The van der Waals surface area contributed by atoms with Crippen LogP contribution < -0.4 is 21.3 Å². The van der Waals surface area contributed by atoms with E-state index in [1.165, 1.54) is 0 Å². The van der Waals surface area contributed by atoms with Crippen molar-refractivity contribution in [3.8, 4) is 0 Å². The van der Waals surface area contributed by atoms with Gasteiger partial charge in [-0.2, -0.15) is 5.10 Å². The summed E-state index contributed by atoms with van der Waals surface area (Å²) in [4.78, 5) is 42.5. The van der Waals surface area contributed by atoms with Crippen molar-refractivity contribution in [1.29, 1.82) is 0 Å². The van der Waals surface area contributed by atoms with Gasteiger partial charge in [0.25, 0.3) is 5.91 Å². The summed E-state index contributed by atoms with van der Waals surface area (Å²) in [7, 11) is 0. The van der Waals surface area contributed by atoms with Crippen molar-refractivity contribution in [3.63, 3.8) is 0 Å². The van der Waals surface area contributed by atoms with Crippen LogP contribution in [0.4, 0.5) is 4.79 Å². The van der Waals surface area contributed by atoms with Crippen LogP contribution in [0.1, 0.15) is 35.2 Å². The van der Waals surface area contributed by atoms with Crippen molar-refractivity contribution in [3.05, 3.63) is 65.9 Å². The zero-order chi connectivity index (χ0) is 26.1. The Labute approximate surface area is 212 Å². The number of ether oxygens (including phenoxy) is 1. The molecule has 0 saturated carbocycles. The summed E-state index contributed by atoms with van der Waals surface area (Å²) in [5, 5.41) is 28.8. The minimum atomic E-state index is -2.08.